The molecule has 18 unspecified atom stereocenters. The summed E-state index contributed by atoms with van der Waals surface area (Å²) < 4.78 is 14.2. The molecular weight excluding hydrogens is 1090 g/mol. The van der Waals surface area contributed by atoms with Crippen LogP contribution in [0.1, 0.15) is 375 Å². The smallest absolute Gasteiger partial charge is 0.0606 e. The van der Waals surface area contributed by atoms with E-state index in [1.807, 2.05) is 0 Å². The highest BCUT2D eigenvalue weighted by Gasteiger charge is 2.65. The molecule has 0 aromatic heterocycles. The van der Waals surface area contributed by atoms with Gasteiger partial charge in [-0.3, -0.25) is 9.80 Å². The van der Waals surface area contributed by atoms with Crippen LogP contribution in [-0.2, 0) is 9.47 Å². The molecule has 12 rings (SSSR count). The summed E-state index contributed by atoms with van der Waals surface area (Å²) in [6.45, 7) is 16.9. The first-order chi connectivity index (χ1) is 44.3. The average Bonchev–Trinajstić information content (AvgIpc) is 0.707. The van der Waals surface area contributed by atoms with Crippen molar-refractivity contribution in [3.05, 3.63) is 0 Å². The molecule has 0 amide bonds. The highest BCUT2D eigenvalue weighted by atomic mass is 16.5. The van der Waals surface area contributed by atoms with Gasteiger partial charge in [-0.25, -0.2) is 0 Å². The molecule has 0 saturated heterocycles. The molecule has 12 saturated carbocycles. The van der Waals surface area contributed by atoms with Gasteiger partial charge in [0.1, 0.15) is 0 Å². The molecule has 90 heavy (non-hydrogen) atoms. The Bertz CT molecular complexity index is 1850. The Kier molecular flexibility index (Phi) is 27.2. The lowest BCUT2D eigenvalue weighted by atomic mass is 9.40. The number of rotatable bonds is 30. The molecule has 0 aromatic carbocycles. The van der Waals surface area contributed by atoms with Crippen LogP contribution in [0.15, 0.2) is 0 Å². The SMILES string of the molecule is CCCCCCCCC1CCC(N(C2CCC(C)CC2)C2CC(C3CCCC4C(OCCCC)CCCC43)C3CCC4C5C(CCC2C35)C(C2CCCC3C(OCCCC)CCCC32)CC4N(C2CCC(C)CC2)C2CCC(CCCCCCCC)CC2)CC1. The fraction of sp³-hybridized carbons (Fsp3) is 1.00. The van der Waals surface area contributed by atoms with Crippen LogP contribution >= 0.6 is 0 Å². The Labute approximate surface area is 559 Å². The molecule has 0 spiro atoms. The van der Waals surface area contributed by atoms with Gasteiger partial charge in [0, 0.05) is 49.5 Å². The number of ether oxygens (including phenoxy) is 2. The quantitative estimate of drug-likeness (QED) is 0.0669. The average molecular weight is 1250 g/mol. The largest absolute Gasteiger partial charge is 0.378 e. The van der Waals surface area contributed by atoms with Gasteiger partial charge in [0.05, 0.1) is 12.2 Å². The number of fused-ring (bicyclic) bond motifs is 2. The zero-order valence-corrected chi connectivity index (χ0v) is 60.9. The van der Waals surface area contributed by atoms with Crippen molar-refractivity contribution in [2.45, 2.75) is 424 Å². The van der Waals surface area contributed by atoms with Gasteiger partial charge < -0.3 is 9.47 Å². The summed E-state index contributed by atoms with van der Waals surface area (Å²) in [6.07, 6.45) is 78.3. The van der Waals surface area contributed by atoms with Crippen molar-refractivity contribution in [1.82, 2.24) is 9.80 Å². The maximum absolute atomic E-state index is 7.12. The third-order valence-corrected chi connectivity index (χ3v) is 31.3. The molecule has 0 aromatic rings. The molecule has 518 valence electrons. The van der Waals surface area contributed by atoms with E-state index in [9.17, 15) is 0 Å². The van der Waals surface area contributed by atoms with E-state index in [0.717, 1.165) is 156 Å². The summed E-state index contributed by atoms with van der Waals surface area (Å²) in [7, 11) is 0. The molecule has 0 N–H and O–H groups in total. The summed E-state index contributed by atoms with van der Waals surface area (Å²) in [5.74, 6) is 16.9. The summed E-state index contributed by atoms with van der Waals surface area (Å²) in [5, 5.41) is 0. The normalized spacial score (nSPS) is 44.0. The van der Waals surface area contributed by atoms with Crippen LogP contribution in [0.4, 0.5) is 0 Å². The van der Waals surface area contributed by atoms with Gasteiger partial charge >= 0.3 is 0 Å². The summed E-state index contributed by atoms with van der Waals surface area (Å²) in [5.41, 5.74) is 0. The number of hydrogen-bond donors (Lipinski definition) is 0. The first-order valence-electron chi connectivity index (χ1n) is 43.1. The van der Waals surface area contributed by atoms with Gasteiger partial charge in [-0.2, -0.15) is 0 Å². The minimum absolute atomic E-state index is 0.544. The summed E-state index contributed by atoms with van der Waals surface area (Å²) in [4.78, 5) is 7.23. The van der Waals surface area contributed by atoms with Gasteiger partial charge in [-0.15, -0.1) is 0 Å². The van der Waals surface area contributed by atoms with E-state index < -0.39 is 0 Å². The molecule has 4 nitrogen and oxygen atoms in total. The zero-order valence-electron chi connectivity index (χ0n) is 60.9. The molecule has 0 heterocycles. The van der Waals surface area contributed by atoms with Gasteiger partial charge in [0.15, 0.2) is 0 Å². The Balaban J connectivity index is 0.911. The molecule has 12 fully saturated rings. The first kappa shape index (κ1) is 69.7. The molecule has 12 aliphatic carbocycles. The highest BCUT2D eigenvalue weighted by Crippen LogP contribution is 2.68. The lowest BCUT2D eigenvalue weighted by Gasteiger charge is -2.69. The zero-order chi connectivity index (χ0) is 61.8. The van der Waals surface area contributed by atoms with Gasteiger partial charge in [0.25, 0.3) is 0 Å². The monoisotopic (exact) mass is 1250 g/mol. The number of hydrogen-bond acceptors (Lipinski definition) is 4. The Hall–Kier alpha value is -0.160. The van der Waals surface area contributed by atoms with Crippen LogP contribution in [0.3, 0.4) is 0 Å². The predicted octanol–water partition coefficient (Wildman–Crippen LogP) is 24.2. The predicted molar refractivity (Wildman–Crippen MR) is 383 cm³/mol. The summed E-state index contributed by atoms with van der Waals surface area (Å²) in [6, 6.07) is 5.06. The van der Waals surface area contributed by atoms with Crippen molar-refractivity contribution in [3.8, 4) is 0 Å². The van der Waals surface area contributed by atoms with Crippen LogP contribution in [0.25, 0.3) is 0 Å². The maximum atomic E-state index is 7.12. The molecule has 0 aliphatic heterocycles. The molecule has 12 aliphatic rings. The number of nitrogens with zero attached hydrogens (tertiary/aromatic N) is 2. The fourth-order valence-electron chi connectivity index (χ4n) is 27.0. The molecule has 18 atom stereocenters. The van der Waals surface area contributed by atoms with Gasteiger partial charge in [-0.05, 0) is 312 Å². The molecule has 0 bridgehead atoms. The number of unbranched alkanes of at least 4 members (excludes halogenated alkanes) is 12. The van der Waals surface area contributed by atoms with Crippen LogP contribution < -0.4 is 0 Å². The minimum atomic E-state index is 0.544. The summed E-state index contributed by atoms with van der Waals surface area (Å²) >= 11 is 0. The Morgan fingerprint density at radius 1 is 0.267 bits per heavy atom. The first-order valence-corrected chi connectivity index (χ1v) is 43.1. The van der Waals surface area contributed by atoms with Crippen LogP contribution in [0.5, 0.6) is 0 Å². The van der Waals surface area contributed by atoms with Crippen LogP contribution in [-0.4, -0.2) is 71.5 Å². The van der Waals surface area contributed by atoms with Crippen molar-refractivity contribution in [1.29, 1.82) is 0 Å². The Morgan fingerprint density at radius 3 is 0.956 bits per heavy atom. The van der Waals surface area contributed by atoms with E-state index in [2.05, 4.69) is 51.3 Å². The second-order valence-corrected chi connectivity index (χ2v) is 36.3. The van der Waals surface area contributed by atoms with Crippen molar-refractivity contribution < 1.29 is 9.47 Å². The van der Waals surface area contributed by atoms with Crippen molar-refractivity contribution in [3.63, 3.8) is 0 Å². The van der Waals surface area contributed by atoms with E-state index in [4.69, 9.17) is 9.47 Å². The van der Waals surface area contributed by atoms with Crippen LogP contribution in [0, 0.1) is 107 Å². The minimum Gasteiger partial charge on any atom is -0.378 e. The Morgan fingerprint density at radius 2 is 0.578 bits per heavy atom. The molecule has 4 heteroatoms. The van der Waals surface area contributed by atoms with E-state index >= 15 is 0 Å². The van der Waals surface area contributed by atoms with E-state index in [0.29, 0.717) is 12.2 Å². The van der Waals surface area contributed by atoms with Gasteiger partial charge in [-0.1, -0.05) is 170 Å². The highest BCUT2D eigenvalue weighted by molar-refractivity contribution is 5.15. The molecule has 0 radical (unpaired) electrons. The van der Waals surface area contributed by atoms with Crippen molar-refractivity contribution >= 4 is 0 Å². The third kappa shape index (κ3) is 16.6. The fourth-order valence-corrected chi connectivity index (χ4v) is 27.0. The second-order valence-electron chi connectivity index (χ2n) is 36.3. The molecular formula is C86H152N2O2. The second kappa shape index (κ2) is 35.1. The van der Waals surface area contributed by atoms with Crippen molar-refractivity contribution in [2.24, 2.45) is 107 Å². The topological polar surface area (TPSA) is 24.9 Å². The maximum Gasteiger partial charge on any atom is 0.0606 e. The van der Waals surface area contributed by atoms with E-state index in [-0.39, 0.29) is 0 Å². The van der Waals surface area contributed by atoms with Crippen LogP contribution in [0.2, 0.25) is 0 Å². The van der Waals surface area contributed by atoms with E-state index in [1.54, 1.807) is 77.0 Å². The van der Waals surface area contributed by atoms with Crippen molar-refractivity contribution in [2.75, 3.05) is 13.2 Å². The lowest BCUT2D eigenvalue weighted by Crippen LogP contribution is -2.68. The van der Waals surface area contributed by atoms with Gasteiger partial charge in [0.2, 0.25) is 0 Å². The lowest BCUT2D eigenvalue weighted by molar-refractivity contribution is -0.200. The standard InChI is InChI=1S/C86H152N2O2/c1-7-11-15-17-19-21-27-63-41-49-67(50-42-63)87(65-45-37-61(5)38-46-65)81-59-79(71-29-23-33-73-69(71)31-25-35-83(73)89-57-13-9-3)75-54-56-78-82(88(66-47-39-62(6)40-48-66)68-51-43-64(44-52-68)28-22-20-18-16-12-8-2)60-80(76-53-55-77(81)85(75)86(76)78)72-30-24-34-74-70(72)32-26-36-84(74)90-58-14-10-4/h61-86H,7-60H2,1-6H3. The van der Waals surface area contributed by atoms with E-state index in [1.165, 1.54) is 257 Å². The third-order valence-electron chi connectivity index (χ3n) is 31.3.